The van der Waals surface area contributed by atoms with Gasteiger partial charge in [-0.2, -0.15) is 0 Å². The number of halogens is 1. The molecule has 0 saturated carbocycles. The zero-order valence-corrected chi connectivity index (χ0v) is 12.4. The number of hydrogen-bond acceptors (Lipinski definition) is 5. The van der Waals surface area contributed by atoms with Gasteiger partial charge in [0.1, 0.15) is 0 Å². The number of piperazine rings is 1. The molecule has 1 saturated heterocycles. The zero-order chi connectivity index (χ0) is 13.8. The van der Waals surface area contributed by atoms with Gasteiger partial charge in [-0.25, -0.2) is 5.01 Å². The monoisotopic (exact) mass is 328 g/mol. The van der Waals surface area contributed by atoms with E-state index >= 15 is 0 Å². The second kappa shape index (κ2) is 6.42. The van der Waals surface area contributed by atoms with Crippen molar-refractivity contribution >= 4 is 21.6 Å². The number of rotatable bonds is 4. The first-order chi connectivity index (χ1) is 9.06. The van der Waals surface area contributed by atoms with Crippen LogP contribution < -0.4 is 5.43 Å². The minimum atomic E-state index is -0.342. The fraction of sp³-hybridized carbons (Fsp3) is 0.500. The SMILES string of the molecule is CN1CCN(NCc2ccc(Br)cc2[N+](=O)[O-])CC1. The van der Waals surface area contributed by atoms with Crippen molar-refractivity contribution in [1.82, 2.24) is 15.3 Å². The lowest BCUT2D eigenvalue weighted by molar-refractivity contribution is -0.385. The summed E-state index contributed by atoms with van der Waals surface area (Å²) >= 11 is 3.26. The van der Waals surface area contributed by atoms with E-state index in [0.717, 1.165) is 30.7 Å². The van der Waals surface area contributed by atoms with E-state index in [2.05, 4.69) is 38.3 Å². The molecule has 19 heavy (non-hydrogen) atoms. The Morgan fingerprint density at radius 2 is 2.05 bits per heavy atom. The van der Waals surface area contributed by atoms with Crippen LogP contribution in [0.1, 0.15) is 5.56 Å². The molecule has 0 spiro atoms. The number of hydrazine groups is 1. The van der Waals surface area contributed by atoms with E-state index in [1.54, 1.807) is 12.1 Å². The Morgan fingerprint density at radius 1 is 1.37 bits per heavy atom. The Kier molecular flexibility index (Phi) is 4.87. The number of nitro benzene ring substituents is 1. The van der Waals surface area contributed by atoms with Gasteiger partial charge in [0.25, 0.3) is 5.69 Å². The summed E-state index contributed by atoms with van der Waals surface area (Å²) in [5.74, 6) is 0. The van der Waals surface area contributed by atoms with Crippen LogP contribution in [0.25, 0.3) is 0 Å². The van der Waals surface area contributed by atoms with Crippen LogP contribution in [0.3, 0.4) is 0 Å². The van der Waals surface area contributed by atoms with Gasteiger partial charge in [0.2, 0.25) is 0 Å². The minimum absolute atomic E-state index is 0.149. The van der Waals surface area contributed by atoms with Crippen LogP contribution >= 0.6 is 15.9 Å². The van der Waals surface area contributed by atoms with Crippen molar-refractivity contribution in [3.8, 4) is 0 Å². The van der Waals surface area contributed by atoms with Crippen molar-refractivity contribution in [3.63, 3.8) is 0 Å². The molecule has 6 nitrogen and oxygen atoms in total. The minimum Gasteiger partial charge on any atom is -0.304 e. The number of nitrogens with one attached hydrogen (secondary N) is 1. The van der Waals surface area contributed by atoms with E-state index in [1.165, 1.54) is 0 Å². The van der Waals surface area contributed by atoms with E-state index in [1.807, 2.05) is 6.07 Å². The van der Waals surface area contributed by atoms with Gasteiger partial charge < -0.3 is 4.90 Å². The van der Waals surface area contributed by atoms with Gasteiger partial charge in [-0.15, -0.1) is 0 Å². The fourth-order valence-electron chi connectivity index (χ4n) is 2.02. The van der Waals surface area contributed by atoms with Crippen molar-refractivity contribution in [2.24, 2.45) is 0 Å². The van der Waals surface area contributed by atoms with Gasteiger partial charge in [-0.05, 0) is 19.2 Å². The van der Waals surface area contributed by atoms with Gasteiger partial charge in [-0.1, -0.05) is 15.9 Å². The highest BCUT2D eigenvalue weighted by atomic mass is 79.9. The van der Waals surface area contributed by atoms with Crippen molar-refractivity contribution in [3.05, 3.63) is 38.3 Å². The maximum atomic E-state index is 11.0. The highest BCUT2D eigenvalue weighted by molar-refractivity contribution is 9.10. The summed E-state index contributed by atoms with van der Waals surface area (Å²) in [5, 5.41) is 13.1. The zero-order valence-electron chi connectivity index (χ0n) is 10.8. The van der Waals surface area contributed by atoms with Gasteiger partial charge >= 0.3 is 0 Å². The maximum absolute atomic E-state index is 11.0. The van der Waals surface area contributed by atoms with Gasteiger partial charge in [-0.3, -0.25) is 15.5 Å². The summed E-state index contributed by atoms with van der Waals surface area (Å²) in [6.07, 6.45) is 0. The lowest BCUT2D eigenvalue weighted by Gasteiger charge is -2.32. The van der Waals surface area contributed by atoms with E-state index in [0.29, 0.717) is 12.1 Å². The van der Waals surface area contributed by atoms with E-state index in [9.17, 15) is 10.1 Å². The third-order valence-corrected chi connectivity index (χ3v) is 3.73. The molecule has 7 heteroatoms. The summed E-state index contributed by atoms with van der Waals surface area (Å²) in [6.45, 7) is 4.36. The first kappa shape index (κ1) is 14.4. The predicted octanol–water partition coefficient (Wildman–Crippen LogP) is 1.61. The van der Waals surface area contributed by atoms with Crippen molar-refractivity contribution in [2.75, 3.05) is 33.2 Å². The van der Waals surface area contributed by atoms with Crippen molar-refractivity contribution in [1.29, 1.82) is 0 Å². The highest BCUT2D eigenvalue weighted by Gasteiger charge is 2.17. The van der Waals surface area contributed by atoms with Crippen molar-refractivity contribution in [2.45, 2.75) is 6.54 Å². The molecule has 2 rings (SSSR count). The number of benzene rings is 1. The molecule has 0 bridgehead atoms. The molecule has 1 aliphatic heterocycles. The molecule has 1 aromatic carbocycles. The molecular weight excluding hydrogens is 312 g/mol. The lowest BCUT2D eigenvalue weighted by atomic mass is 10.2. The highest BCUT2D eigenvalue weighted by Crippen LogP contribution is 2.23. The standard InChI is InChI=1S/C12H17BrN4O2/c1-15-4-6-16(7-5-15)14-9-10-2-3-11(13)8-12(10)17(18)19/h2-3,8,14H,4-7,9H2,1H3. The number of nitro groups is 1. The molecule has 1 aliphatic rings. The summed E-state index contributed by atoms with van der Waals surface area (Å²) in [5.41, 5.74) is 4.11. The topological polar surface area (TPSA) is 61.6 Å². The molecule has 1 heterocycles. The quantitative estimate of drug-likeness (QED) is 0.672. The summed E-state index contributed by atoms with van der Waals surface area (Å²) in [7, 11) is 2.09. The van der Waals surface area contributed by atoms with Crippen LogP contribution in [-0.2, 0) is 6.54 Å². The Balaban J connectivity index is 1.97. The van der Waals surface area contributed by atoms with Crippen LogP contribution in [0.2, 0.25) is 0 Å². The van der Waals surface area contributed by atoms with Gasteiger partial charge in [0.05, 0.1) is 4.92 Å². The number of nitrogens with zero attached hydrogens (tertiary/aromatic N) is 3. The second-order valence-corrected chi connectivity index (χ2v) is 5.57. The third kappa shape index (κ3) is 3.97. The van der Waals surface area contributed by atoms with E-state index in [-0.39, 0.29) is 10.6 Å². The Bertz CT molecular complexity index is 461. The Morgan fingerprint density at radius 3 is 2.68 bits per heavy atom. The van der Waals surface area contributed by atoms with Crippen LogP contribution in [0, 0.1) is 10.1 Å². The molecule has 0 radical (unpaired) electrons. The number of hydrogen-bond donors (Lipinski definition) is 1. The molecular formula is C12H17BrN4O2. The van der Waals surface area contributed by atoms with Crippen LogP contribution in [0.5, 0.6) is 0 Å². The molecule has 1 N–H and O–H groups in total. The second-order valence-electron chi connectivity index (χ2n) is 4.66. The summed E-state index contributed by atoms with van der Waals surface area (Å²) in [6, 6.07) is 5.15. The smallest absolute Gasteiger partial charge is 0.275 e. The van der Waals surface area contributed by atoms with E-state index < -0.39 is 0 Å². The molecule has 1 fully saturated rings. The first-order valence-corrected chi connectivity index (χ1v) is 6.95. The average molecular weight is 329 g/mol. The predicted molar refractivity (Wildman–Crippen MR) is 76.7 cm³/mol. The van der Waals surface area contributed by atoms with Crippen molar-refractivity contribution < 1.29 is 4.92 Å². The lowest BCUT2D eigenvalue weighted by Crippen LogP contribution is -2.50. The Hall–Kier alpha value is -1.02. The van der Waals surface area contributed by atoms with Gasteiger partial charge in [0.15, 0.2) is 0 Å². The first-order valence-electron chi connectivity index (χ1n) is 6.16. The Labute approximate surface area is 120 Å². The summed E-state index contributed by atoms with van der Waals surface area (Å²) in [4.78, 5) is 12.9. The fourth-order valence-corrected chi connectivity index (χ4v) is 2.37. The molecule has 0 aromatic heterocycles. The number of likely N-dealkylation sites (N-methyl/N-ethyl adjacent to an activating group) is 1. The van der Waals surface area contributed by atoms with Crippen LogP contribution in [-0.4, -0.2) is 48.1 Å². The largest absolute Gasteiger partial charge is 0.304 e. The van der Waals surface area contributed by atoms with Crippen LogP contribution in [0.4, 0.5) is 5.69 Å². The average Bonchev–Trinajstić information content (AvgIpc) is 2.39. The molecule has 0 amide bonds. The van der Waals surface area contributed by atoms with E-state index in [4.69, 9.17) is 0 Å². The summed E-state index contributed by atoms with van der Waals surface area (Å²) < 4.78 is 0.725. The maximum Gasteiger partial charge on any atom is 0.275 e. The molecule has 0 unspecified atom stereocenters. The molecule has 0 aliphatic carbocycles. The molecule has 1 aromatic rings. The van der Waals surface area contributed by atoms with Crippen LogP contribution in [0.15, 0.2) is 22.7 Å². The third-order valence-electron chi connectivity index (χ3n) is 3.24. The van der Waals surface area contributed by atoms with Gasteiger partial charge in [0, 0.05) is 48.8 Å². The molecule has 0 atom stereocenters. The molecule has 104 valence electrons. The normalized spacial score (nSPS) is 17.6.